The second-order valence-electron chi connectivity index (χ2n) is 10.6. The molecule has 3 saturated heterocycles. The summed E-state index contributed by atoms with van der Waals surface area (Å²) < 4.78 is 49.9. The number of likely N-dealkylation sites (tertiary alicyclic amines) is 2. The molecule has 6 atom stereocenters. The molecule has 13 nitrogen and oxygen atoms in total. The molecule has 1 aromatic rings. The molecule has 17 heteroatoms. The molecule has 3 aliphatic rings. The smallest absolute Gasteiger partial charge is 0.471 e. The average Bonchev–Trinajstić information content (AvgIpc) is 3.50. The minimum Gasteiger partial charge on any atom is -0.492 e. The molecule has 0 spiro atoms. The number of imide groups is 1. The van der Waals surface area contributed by atoms with Crippen molar-refractivity contribution in [2.75, 3.05) is 32.0 Å². The van der Waals surface area contributed by atoms with Crippen molar-refractivity contribution in [2.24, 2.45) is 0 Å². The lowest BCUT2D eigenvalue weighted by atomic mass is 9.93. The van der Waals surface area contributed by atoms with Crippen LogP contribution < -0.4 is 15.4 Å². The number of nitrogens with one attached hydrogen (secondary N) is 2. The highest BCUT2D eigenvalue weighted by atomic mass is 32.2. The predicted molar refractivity (Wildman–Crippen MR) is 147 cm³/mol. The predicted octanol–water partition coefficient (Wildman–Crippen LogP) is -0.0333. The number of ketones is 1. The summed E-state index contributed by atoms with van der Waals surface area (Å²) in [5.74, 6) is -2.26. The van der Waals surface area contributed by atoms with Crippen molar-refractivity contribution in [1.29, 1.82) is 0 Å². The van der Waals surface area contributed by atoms with Crippen molar-refractivity contribution in [3.8, 4) is 5.75 Å². The van der Waals surface area contributed by atoms with E-state index < -0.39 is 53.8 Å². The van der Waals surface area contributed by atoms with Gasteiger partial charge in [0.05, 0.1) is 36.2 Å². The first-order valence-electron chi connectivity index (χ1n) is 13.8. The fourth-order valence-electron chi connectivity index (χ4n) is 5.31. The molecule has 4 rings (SSSR count). The number of aliphatic hydroxyl groups excluding tert-OH is 2. The van der Waals surface area contributed by atoms with Gasteiger partial charge in [0, 0.05) is 19.5 Å². The molecule has 2 unspecified atom stereocenters. The zero-order chi connectivity index (χ0) is 32.2. The third-order valence-corrected chi connectivity index (χ3v) is 8.72. The molecule has 0 aromatic heterocycles. The molecule has 0 aliphatic carbocycles. The minimum atomic E-state index is -5.13. The van der Waals surface area contributed by atoms with Crippen LogP contribution in [0.3, 0.4) is 0 Å². The topological polar surface area (TPSA) is 175 Å². The Labute approximate surface area is 254 Å². The van der Waals surface area contributed by atoms with Gasteiger partial charge in [0.2, 0.25) is 11.8 Å². The van der Waals surface area contributed by atoms with Crippen LogP contribution >= 0.6 is 11.8 Å². The Hall–Kier alpha value is -3.41. The van der Waals surface area contributed by atoms with Crippen LogP contribution in [0.4, 0.5) is 18.0 Å². The standard InChI is InChI=1S/C27H33F3N4O9S/c1-14(35)13-44-19-10-20(36)34(24(19)39)12-15-3-2-4-16(9-15)42-8-6-31-26(41)32-11-18-22(37)23(38)21-17(43-18)5-7-33(21)25(40)27(28,29)30/h2-4,9,17-19,21-23,37-38H,5-8,10-13H2,1H3,(H2,31,32,41)/t17?,18-,19?,21+,22+,23-/m1/s1. The molecular weight excluding hydrogens is 613 g/mol. The SMILES string of the molecule is CC(=O)CSC1CC(=O)N(Cc2cccc(OCCNC(=O)NC[C@H]3OC4CCN(C(=O)C(F)(F)F)[C@@H]4[C@@H](O)[C@H]3O)c2)C1=O. The van der Waals surface area contributed by atoms with Gasteiger partial charge in [-0.1, -0.05) is 12.1 Å². The van der Waals surface area contributed by atoms with Crippen LogP contribution in [0.1, 0.15) is 25.3 Å². The third kappa shape index (κ3) is 7.99. The Bertz CT molecular complexity index is 1270. The molecular formula is C27H33F3N4O9S. The number of fused-ring (bicyclic) bond motifs is 1. The summed E-state index contributed by atoms with van der Waals surface area (Å²) in [6, 6.07) is 4.73. The zero-order valence-corrected chi connectivity index (χ0v) is 24.4. The Morgan fingerprint density at radius 1 is 1.16 bits per heavy atom. The van der Waals surface area contributed by atoms with Gasteiger partial charge < -0.3 is 35.2 Å². The molecule has 5 amide bonds. The highest BCUT2D eigenvalue weighted by Crippen LogP contribution is 2.34. The minimum absolute atomic E-state index is 0.0306. The number of carbonyl (C=O) groups excluding carboxylic acids is 5. The highest BCUT2D eigenvalue weighted by molar-refractivity contribution is 8.01. The molecule has 3 aliphatic heterocycles. The number of urea groups is 1. The third-order valence-electron chi connectivity index (χ3n) is 7.38. The number of hydrogen-bond donors (Lipinski definition) is 4. The molecule has 3 fully saturated rings. The summed E-state index contributed by atoms with van der Waals surface area (Å²) in [4.78, 5) is 61.7. The number of halogens is 3. The zero-order valence-electron chi connectivity index (χ0n) is 23.6. The number of ether oxygens (including phenoxy) is 2. The second kappa shape index (κ2) is 14.1. The van der Waals surface area contributed by atoms with Gasteiger partial charge in [0.25, 0.3) is 0 Å². The number of alkyl halides is 3. The van der Waals surface area contributed by atoms with E-state index in [1.54, 1.807) is 24.3 Å². The first-order valence-corrected chi connectivity index (χ1v) is 14.9. The number of hydrogen-bond acceptors (Lipinski definition) is 10. The summed E-state index contributed by atoms with van der Waals surface area (Å²) in [5.41, 5.74) is 0.649. The monoisotopic (exact) mass is 646 g/mol. The maximum Gasteiger partial charge on any atom is 0.471 e. The van der Waals surface area contributed by atoms with Crippen molar-refractivity contribution in [3.05, 3.63) is 29.8 Å². The molecule has 1 aromatic carbocycles. The average molecular weight is 647 g/mol. The lowest BCUT2D eigenvalue weighted by Gasteiger charge is -2.42. The van der Waals surface area contributed by atoms with E-state index in [-0.39, 0.29) is 69.0 Å². The number of aliphatic hydroxyl groups is 2. The van der Waals surface area contributed by atoms with E-state index in [0.29, 0.717) is 16.2 Å². The summed E-state index contributed by atoms with van der Waals surface area (Å²) >= 11 is 1.15. The van der Waals surface area contributed by atoms with E-state index in [0.717, 1.165) is 16.7 Å². The second-order valence-corrected chi connectivity index (χ2v) is 11.8. The van der Waals surface area contributed by atoms with E-state index >= 15 is 0 Å². The van der Waals surface area contributed by atoms with Gasteiger partial charge in [-0.3, -0.25) is 24.1 Å². The number of Topliss-reactive ketones (excluding diaryl/α,β-unsaturated/α-hetero) is 1. The molecule has 3 heterocycles. The van der Waals surface area contributed by atoms with E-state index in [1.165, 1.54) is 6.92 Å². The summed E-state index contributed by atoms with van der Waals surface area (Å²) in [6.07, 6.45) is -10.5. The van der Waals surface area contributed by atoms with E-state index in [2.05, 4.69) is 10.6 Å². The van der Waals surface area contributed by atoms with Gasteiger partial charge in [-0.15, -0.1) is 11.8 Å². The van der Waals surface area contributed by atoms with Crippen LogP contribution in [0.2, 0.25) is 0 Å². The summed E-state index contributed by atoms with van der Waals surface area (Å²) in [6.45, 7) is 1.03. The molecule has 4 N–H and O–H groups in total. The Balaban J connectivity index is 1.18. The molecule has 242 valence electrons. The van der Waals surface area contributed by atoms with Crippen LogP contribution in [0, 0.1) is 0 Å². The first kappa shape index (κ1) is 33.5. The number of nitrogens with zero attached hydrogens (tertiary/aromatic N) is 2. The quantitative estimate of drug-likeness (QED) is 0.189. The number of thioether (sulfide) groups is 1. The largest absolute Gasteiger partial charge is 0.492 e. The van der Waals surface area contributed by atoms with Gasteiger partial charge >= 0.3 is 18.1 Å². The van der Waals surface area contributed by atoms with E-state index in [1.807, 2.05) is 0 Å². The Kier molecular flexibility index (Phi) is 10.8. The number of benzene rings is 1. The van der Waals surface area contributed by atoms with Crippen molar-refractivity contribution >= 4 is 41.3 Å². The molecule has 0 saturated carbocycles. The van der Waals surface area contributed by atoms with Crippen LogP contribution in [-0.4, -0.2) is 123 Å². The first-order chi connectivity index (χ1) is 20.8. The van der Waals surface area contributed by atoms with Crippen molar-refractivity contribution in [1.82, 2.24) is 20.4 Å². The van der Waals surface area contributed by atoms with Crippen molar-refractivity contribution < 1.29 is 56.8 Å². The molecule has 0 bridgehead atoms. The molecule has 44 heavy (non-hydrogen) atoms. The Morgan fingerprint density at radius 2 is 1.91 bits per heavy atom. The number of rotatable bonds is 11. The van der Waals surface area contributed by atoms with Crippen LogP contribution in [0.25, 0.3) is 0 Å². The van der Waals surface area contributed by atoms with Crippen molar-refractivity contribution in [3.63, 3.8) is 0 Å². The fraction of sp³-hybridized carbons (Fsp3) is 0.593. The summed E-state index contributed by atoms with van der Waals surface area (Å²) in [5, 5.41) is 25.3. The van der Waals surface area contributed by atoms with Crippen LogP contribution in [0.5, 0.6) is 5.75 Å². The van der Waals surface area contributed by atoms with E-state index in [9.17, 15) is 47.4 Å². The fourth-order valence-corrected chi connectivity index (χ4v) is 6.27. The van der Waals surface area contributed by atoms with Crippen LogP contribution in [-0.2, 0) is 30.5 Å². The Morgan fingerprint density at radius 3 is 2.61 bits per heavy atom. The van der Waals surface area contributed by atoms with Crippen molar-refractivity contribution in [2.45, 2.75) is 68.2 Å². The number of carbonyl (C=O) groups is 5. The maximum atomic E-state index is 12.9. The summed E-state index contributed by atoms with van der Waals surface area (Å²) in [7, 11) is 0. The highest BCUT2D eigenvalue weighted by Gasteiger charge is 2.55. The van der Waals surface area contributed by atoms with Crippen LogP contribution in [0.15, 0.2) is 24.3 Å². The van der Waals surface area contributed by atoms with Gasteiger partial charge in [-0.25, -0.2) is 4.79 Å². The lowest BCUT2D eigenvalue weighted by molar-refractivity contribution is -0.207. The lowest BCUT2D eigenvalue weighted by Crippen LogP contribution is -2.63. The van der Waals surface area contributed by atoms with Gasteiger partial charge in [0.1, 0.15) is 36.5 Å². The van der Waals surface area contributed by atoms with Gasteiger partial charge in [-0.2, -0.15) is 13.2 Å². The van der Waals surface area contributed by atoms with Gasteiger partial charge in [0.15, 0.2) is 0 Å². The normalized spacial score (nSPS) is 26.9. The van der Waals surface area contributed by atoms with Gasteiger partial charge in [-0.05, 0) is 31.0 Å². The maximum absolute atomic E-state index is 12.9. The molecule has 0 radical (unpaired) electrons. The number of amides is 5. The van der Waals surface area contributed by atoms with E-state index in [4.69, 9.17) is 9.47 Å².